The molecule has 2 aromatic carbocycles. The van der Waals surface area contributed by atoms with Gasteiger partial charge in [-0.15, -0.1) is 0 Å². The number of nitrogens with zero attached hydrogens (tertiary/aromatic N) is 1. The molecule has 3 aromatic rings. The number of rotatable bonds is 5. The average Bonchev–Trinajstić information content (AvgIpc) is 3.14. The lowest BCUT2D eigenvalue weighted by Gasteiger charge is -2.33. The van der Waals surface area contributed by atoms with Crippen molar-refractivity contribution < 1.29 is 18.5 Å². The first-order valence-corrected chi connectivity index (χ1v) is 9.70. The summed E-state index contributed by atoms with van der Waals surface area (Å²) in [5.74, 6) is 0.576. The number of hydrogen-bond donors (Lipinski definition) is 2. The molecule has 1 aliphatic rings. The fraction of sp³-hybridized carbons (Fsp3) is 0.318. The first kappa shape index (κ1) is 18.5. The number of fused-ring (bicyclic) bond motifs is 1. The molecule has 1 amide bonds. The Labute approximate surface area is 163 Å². The van der Waals surface area contributed by atoms with Crippen LogP contribution in [0.4, 0.5) is 10.1 Å². The van der Waals surface area contributed by atoms with E-state index in [0.29, 0.717) is 6.54 Å². The highest BCUT2D eigenvalue weighted by atomic mass is 19.1. The number of para-hydroxylation sites is 1. The summed E-state index contributed by atoms with van der Waals surface area (Å²) in [6.07, 6.45) is 0. The van der Waals surface area contributed by atoms with Gasteiger partial charge in [0.15, 0.2) is 6.54 Å². The number of amides is 1. The minimum atomic E-state index is -0.219. The summed E-state index contributed by atoms with van der Waals surface area (Å²) < 4.78 is 18.9. The highest BCUT2D eigenvalue weighted by Gasteiger charge is 2.23. The van der Waals surface area contributed by atoms with Crippen LogP contribution in [-0.2, 0) is 4.79 Å². The molecule has 4 rings (SSSR count). The second-order valence-electron chi connectivity index (χ2n) is 7.37. The van der Waals surface area contributed by atoms with Crippen LogP contribution in [0.25, 0.3) is 11.0 Å². The molecule has 1 fully saturated rings. The van der Waals surface area contributed by atoms with E-state index < -0.39 is 0 Å². The first-order valence-electron chi connectivity index (χ1n) is 9.70. The Morgan fingerprint density at radius 1 is 1.18 bits per heavy atom. The fourth-order valence-corrected chi connectivity index (χ4v) is 3.72. The summed E-state index contributed by atoms with van der Waals surface area (Å²) in [7, 11) is 0. The normalized spacial score (nSPS) is 16.3. The molecule has 5 nitrogen and oxygen atoms in total. The molecule has 0 aliphatic carbocycles. The number of piperazine rings is 1. The smallest absolute Gasteiger partial charge is 0.275 e. The Morgan fingerprint density at radius 3 is 2.61 bits per heavy atom. The van der Waals surface area contributed by atoms with Gasteiger partial charge >= 0.3 is 0 Å². The van der Waals surface area contributed by atoms with Gasteiger partial charge in [0, 0.05) is 11.1 Å². The molecule has 0 spiro atoms. The van der Waals surface area contributed by atoms with Crippen molar-refractivity contribution in [1.29, 1.82) is 0 Å². The maximum atomic E-state index is 13.1. The van der Waals surface area contributed by atoms with E-state index in [1.165, 1.54) is 17.0 Å². The SMILES string of the molecule is C[C@H](NC(=O)C[NH+]1CCN(c2ccc(F)cc2)CC1)c1cc2ccccc2o1. The summed E-state index contributed by atoms with van der Waals surface area (Å²) in [5, 5.41) is 4.09. The van der Waals surface area contributed by atoms with E-state index >= 15 is 0 Å². The third kappa shape index (κ3) is 4.17. The van der Waals surface area contributed by atoms with Crippen LogP contribution in [0.5, 0.6) is 0 Å². The number of anilines is 1. The molecular formula is C22H25FN3O2+. The largest absolute Gasteiger partial charge is 0.459 e. The van der Waals surface area contributed by atoms with Gasteiger partial charge in [0.05, 0.1) is 32.2 Å². The van der Waals surface area contributed by atoms with Crippen molar-refractivity contribution in [3.8, 4) is 0 Å². The molecule has 0 saturated carbocycles. The molecule has 2 N–H and O–H groups in total. The summed E-state index contributed by atoms with van der Waals surface area (Å²) in [4.78, 5) is 16.0. The Hall–Kier alpha value is -2.86. The highest BCUT2D eigenvalue weighted by Crippen LogP contribution is 2.23. The van der Waals surface area contributed by atoms with Crippen LogP contribution in [0.2, 0.25) is 0 Å². The summed E-state index contributed by atoms with van der Waals surface area (Å²) >= 11 is 0. The van der Waals surface area contributed by atoms with E-state index in [4.69, 9.17) is 4.42 Å². The van der Waals surface area contributed by atoms with E-state index in [0.717, 1.165) is 48.6 Å². The molecule has 28 heavy (non-hydrogen) atoms. The molecule has 1 atom stereocenters. The quantitative estimate of drug-likeness (QED) is 0.711. The molecule has 146 valence electrons. The monoisotopic (exact) mass is 382 g/mol. The zero-order chi connectivity index (χ0) is 19.5. The Kier molecular flexibility index (Phi) is 5.30. The number of quaternary nitrogens is 1. The second kappa shape index (κ2) is 8.02. The molecule has 0 bridgehead atoms. The third-order valence-corrected chi connectivity index (χ3v) is 5.32. The lowest BCUT2D eigenvalue weighted by atomic mass is 10.2. The first-order chi connectivity index (χ1) is 13.6. The zero-order valence-electron chi connectivity index (χ0n) is 16.0. The van der Waals surface area contributed by atoms with Gasteiger partial charge in [0.2, 0.25) is 0 Å². The number of benzene rings is 2. The van der Waals surface area contributed by atoms with Gasteiger partial charge in [-0.05, 0) is 43.3 Å². The molecule has 1 aromatic heterocycles. The number of carbonyl (C=O) groups excluding carboxylic acids is 1. The maximum Gasteiger partial charge on any atom is 0.275 e. The van der Waals surface area contributed by atoms with Gasteiger partial charge in [-0.3, -0.25) is 4.79 Å². The molecule has 2 heterocycles. The van der Waals surface area contributed by atoms with Crippen LogP contribution in [-0.4, -0.2) is 38.6 Å². The summed E-state index contributed by atoms with van der Waals surface area (Å²) in [5.41, 5.74) is 1.87. The van der Waals surface area contributed by atoms with E-state index in [2.05, 4.69) is 10.2 Å². The van der Waals surface area contributed by atoms with Crippen LogP contribution in [0.1, 0.15) is 18.7 Å². The summed E-state index contributed by atoms with van der Waals surface area (Å²) in [6.45, 7) is 5.85. The average molecular weight is 382 g/mol. The predicted octanol–water partition coefficient (Wildman–Crippen LogP) is 2.15. The minimum Gasteiger partial charge on any atom is -0.459 e. The van der Waals surface area contributed by atoms with Crippen LogP contribution < -0.4 is 15.1 Å². The van der Waals surface area contributed by atoms with Crippen molar-refractivity contribution in [3.05, 3.63) is 66.2 Å². The Balaban J connectivity index is 1.28. The number of carbonyl (C=O) groups is 1. The minimum absolute atomic E-state index is 0.0261. The molecule has 6 heteroatoms. The van der Waals surface area contributed by atoms with Gasteiger partial charge in [0.25, 0.3) is 5.91 Å². The lowest BCUT2D eigenvalue weighted by Crippen LogP contribution is -3.15. The topological polar surface area (TPSA) is 49.9 Å². The molecule has 0 radical (unpaired) electrons. The fourth-order valence-electron chi connectivity index (χ4n) is 3.72. The van der Waals surface area contributed by atoms with E-state index in [1.54, 1.807) is 0 Å². The third-order valence-electron chi connectivity index (χ3n) is 5.32. The van der Waals surface area contributed by atoms with Crippen LogP contribution in [0.3, 0.4) is 0 Å². The number of halogens is 1. The zero-order valence-corrected chi connectivity index (χ0v) is 16.0. The van der Waals surface area contributed by atoms with Gasteiger partial charge in [0.1, 0.15) is 17.2 Å². The Bertz CT molecular complexity index is 913. The van der Waals surface area contributed by atoms with Gasteiger partial charge in [-0.1, -0.05) is 18.2 Å². The van der Waals surface area contributed by atoms with Crippen molar-refractivity contribution in [2.75, 3.05) is 37.6 Å². The van der Waals surface area contributed by atoms with Crippen molar-refractivity contribution in [2.24, 2.45) is 0 Å². The van der Waals surface area contributed by atoms with E-state index in [9.17, 15) is 9.18 Å². The molecule has 0 unspecified atom stereocenters. The van der Waals surface area contributed by atoms with Crippen molar-refractivity contribution in [2.45, 2.75) is 13.0 Å². The second-order valence-corrected chi connectivity index (χ2v) is 7.37. The summed E-state index contributed by atoms with van der Waals surface area (Å²) in [6, 6.07) is 16.2. The molecular weight excluding hydrogens is 357 g/mol. The predicted molar refractivity (Wildman–Crippen MR) is 107 cm³/mol. The van der Waals surface area contributed by atoms with Crippen LogP contribution in [0.15, 0.2) is 59.0 Å². The van der Waals surface area contributed by atoms with Gasteiger partial charge < -0.3 is 19.5 Å². The number of hydrogen-bond acceptors (Lipinski definition) is 3. The van der Waals surface area contributed by atoms with Crippen LogP contribution >= 0.6 is 0 Å². The number of furan rings is 1. The lowest BCUT2D eigenvalue weighted by molar-refractivity contribution is -0.892. The van der Waals surface area contributed by atoms with Crippen molar-refractivity contribution >= 4 is 22.6 Å². The Morgan fingerprint density at radius 2 is 1.89 bits per heavy atom. The van der Waals surface area contributed by atoms with Crippen molar-refractivity contribution in [3.63, 3.8) is 0 Å². The van der Waals surface area contributed by atoms with E-state index in [1.807, 2.05) is 49.4 Å². The van der Waals surface area contributed by atoms with Crippen molar-refractivity contribution in [1.82, 2.24) is 5.32 Å². The molecule has 1 aliphatic heterocycles. The van der Waals surface area contributed by atoms with Crippen LogP contribution in [0, 0.1) is 5.82 Å². The number of nitrogens with one attached hydrogen (secondary N) is 2. The maximum absolute atomic E-state index is 13.1. The standard InChI is InChI=1S/C22H24FN3O2/c1-16(21-14-17-4-2-3-5-20(17)28-21)24-22(27)15-25-10-12-26(13-11-25)19-8-6-18(23)7-9-19/h2-9,14,16H,10-13,15H2,1H3,(H,24,27)/p+1/t16-/m0/s1. The highest BCUT2D eigenvalue weighted by molar-refractivity contribution is 5.79. The van der Waals surface area contributed by atoms with Gasteiger partial charge in [-0.25, -0.2) is 4.39 Å². The molecule has 1 saturated heterocycles. The van der Waals surface area contributed by atoms with Gasteiger partial charge in [-0.2, -0.15) is 0 Å². The van der Waals surface area contributed by atoms with E-state index in [-0.39, 0.29) is 17.8 Å².